The summed E-state index contributed by atoms with van der Waals surface area (Å²) in [4.78, 5) is 12.7. The third kappa shape index (κ3) is 5.54. The van der Waals surface area contributed by atoms with E-state index >= 15 is 0 Å². The van der Waals surface area contributed by atoms with Gasteiger partial charge in [0.15, 0.2) is 0 Å². The number of hydrogen-bond acceptors (Lipinski definition) is 5. The molecule has 0 aliphatic rings. The molecule has 7 nitrogen and oxygen atoms in total. The van der Waals surface area contributed by atoms with Crippen LogP contribution in [0, 0.1) is 6.92 Å². The fourth-order valence-corrected chi connectivity index (χ4v) is 4.71. The molecule has 0 heterocycles. The van der Waals surface area contributed by atoms with Crippen LogP contribution < -0.4 is 14.5 Å². The van der Waals surface area contributed by atoms with Gasteiger partial charge in [0.2, 0.25) is 0 Å². The molecule has 0 aliphatic carbocycles. The van der Waals surface area contributed by atoms with Gasteiger partial charge in [0.05, 0.1) is 23.9 Å². The summed E-state index contributed by atoms with van der Waals surface area (Å²) in [5, 5.41) is 3.95. The standard InChI is InChI=1S/C23H22BrN3O4S/c1-17-11-13-19(14-12-17)32(29,30)27(21-9-5-6-10-22(21)31-2)16-23(28)26-25-15-18-7-3-4-8-20(18)24/h3-15H,16H2,1-2H3,(H,26,28). The van der Waals surface area contributed by atoms with Crippen molar-refractivity contribution in [3.05, 3.63) is 88.4 Å². The number of aryl methyl sites for hydroxylation is 1. The Morgan fingerprint density at radius 2 is 1.72 bits per heavy atom. The van der Waals surface area contributed by atoms with E-state index in [1.165, 1.54) is 25.5 Å². The summed E-state index contributed by atoms with van der Waals surface area (Å²) in [5.74, 6) is -0.275. The van der Waals surface area contributed by atoms with Crippen molar-refractivity contribution in [3.63, 3.8) is 0 Å². The van der Waals surface area contributed by atoms with Crippen LogP contribution in [-0.2, 0) is 14.8 Å². The monoisotopic (exact) mass is 515 g/mol. The van der Waals surface area contributed by atoms with Crippen LogP contribution in [0.3, 0.4) is 0 Å². The normalized spacial score (nSPS) is 11.3. The topological polar surface area (TPSA) is 88.1 Å². The van der Waals surface area contributed by atoms with Crippen LogP contribution >= 0.6 is 15.9 Å². The van der Waals surface area contributed by atoms with Crippen LogP contribution in [0.1, 0.15) is 11.1 Å². The molecule has 0 saturated carbocycles. The van der Waals surface area contributed by atoms with E-state index in [9.17, 15) is 13.2 Å². The van der Waals surface area contributed by atoms with Gasteiger partial charge in [-0.25, -0.2) is 13.8 Å². The number of amides is 1. The first-order chi connectivity index (χ1) is 15.3. The Labute approximate surface area is 195 Å². The third-order valence-electron chi connectivity index (χ3n) is 4.55. The van der Waals surface area contributed by atoms with Gasteiger partial charge >= 0.3 is 0 Å². The molecule has 0 saturated heterocycles. The smallest absolute Gasteiger partial charge is 0.264 e. The van der Waals surface area contributed by atoms with E-state index in [4.69, 9.17) is 4.74 Å². The van der Waals surface area contributed by atoms with Gasteiger partial charge in [-0.2, -0.15) is 5.10 Å². The maximum absolute atomic E-state index is 13.4. The molecular formula is C23H22BrN3O4S. The highest BCUT2D eigenvalue weighted by Crippen LogP contribution is 2.32. The van der Waals surface area contributed by atoms with Crippen LogP contribution in [0.2, 0.25) is 0 Å². The Morgan fingerprint density at radius 1 is 1.06 bits per heavy atom. The van der Waals surface area contributed by atoms with Crippen molar-refractivity contribution in [2.24, 2.45) is 5.10 Å². The van der Waals surface area contributed by atoms with Crippen molar-refractivity contribution < 1.29 is 17.9 Å². The highest BCUT2D eigenvalue weighted by molar-refractivity contribution is 9.10. The zero-order valence-corrected chi connectivity index (χ0v) is 19.9. The Hall–Kier alpha value is -3.17. The Kier molecular flexibility index (Phi) is 7.66. The minimum atomic E-state index is -4.05. The minimum absolute atomic E-state index is 0.0681. The molecule has 3 aromatic rings. The molecule has 3 rings (SSSR count). The largest absolute Gasteiger partial charge is 0.495 e. The molecule has 0 unspecified atom stereocenters. The molecule has 0 fully saturated rings. The zero-order valence-electron chi connectivity index (χ0n) is 17.5. The number of nitrogens with zero attached hydrogens (tertiary/aromatic N) is 2. The van der Waals surface area contributed by atoms with Crippen LogP contribution in [0.15, 0.2) is 87.3 Å². The SMILES string of the molecule is COc1ccccc1N(CC(=O)NN=Cc1ccccc1Br)S(=O)(=O)c1ccc(C)cc1. The molecule has 9 heteroatoms. The number of hydrogen-bond donors (Lipinski definition) is 1. The van der Waals surface area contributed by atoms with Crippen molar-refractivity contribution >= 4 is 43.8 Å². The summed E-state index contributed by atoms with van der Waals surface area (Å²) in [7, 11) is -2.61. The van der Waals surface area contributed by atoms with Gasteiger partial charge in [-0.1, -0.05) is 64.0 Å². The van der Waals surface area contributed by atoms with E-state index in [0.29, 0.717) is 5.75 Å². The number of methoxy groups -OCH3 is 1. The molecule has 166 valence electrons. The summed E-state index contributed by atoms with van der Waals surface area (Å²) in [5.41, 5.74) is 4.33. The predicted molar refractivity (Wildman–Crippen MR) is 129 cm³/mol. The first-order valence-corrected chi connectivity index (χ1v) is 11.8. The molecule has 0 aromatic heterocycles. The number of rotatable bonds is 8. The molecule has 0 radical (unpaired) electrons. The summed E-state index contributed by atoms with van der Waals surface area (Å²) in [6, 6.07) is 20.4. The number of benzene rings is 3. The molecule has 0 atom stereocenters. The number of ether oxygens (including phenoxy) is 1. The van der Waals surface area contributed by atoms with E-state index in [1.807, 2.05) is 31.2 Å². The van der Waals surface area contributed by atoms with Gasteiger partial charge < -0.3 is 4.74 Å². The van der Waals surface area contributed by atoms with Crippen molar-refractivity contribution in [1.82, 2.24) is 5.43 Å². The lowest BCUT2D eigenvalue weighted by Crippen LogP contribution is -2.39. The lowest BCUT2D eigenvalue weighted by atomic mass is 10.2. The molecule has 0 spiro atoms. The van der Waals surface area contributed by atoms with E-state index < -0.39 is 22.5 Å². The van der Waals surface area contributed by atoms with Crippen molar-refractivity contribution in [2.45, 2.75) is 11.8 Å². The van der Waals surface area contributed by atoms with Gasteiger partial charge in [-0.3, -0.25) is 9.10 Å². The number of hydrazone groups is 1. The van der Waals surface area contributed by atoms with Gasteiger partial charge in [0.1, 0.15) is 12.3 Å². The predicted octanol–water partition coefficient (Wildman–Crippen LogP) is 4.11. The second-order valence-corrected chi connectivity index (χ2v) is 9.53. The van der Waals surface area contributed by atoms with Crippen molar-refractivity contribution in [1.29, 1.82) is 0 Å². The summed E-state index contributed by atoms with van der Waals surface area (Å²) in [6.07, 6.45) is 1.48. The van der Waals surface area contributed by atoms with Crippen LogP contribution in [0.5, 0.6) is 5.75 Å². The molecule has 1 amide bonds. The number of anilines is 1. The van der Waals surface area contributed by atoms with E-state index in [-0.39, 0.29) is 10.6 Å². The van der Waals surface area contributed by atoms with Crippen molar-refractivity contribution in [3.8, 4) is 5.75 Å². The van der Waals surface area contributed by atoms with Gasteiger partial charge in [-0.15, -0.1) is 0 Å². The Bertz CT molecular complexity index is 1230. The molecule has 0 aliphatic heterocycles. The fraction of sp³-hybridized carbons (Fsp3) is 0.130. The van der Waals surface area contributed by atoms with E-state index in [0.717, 1.165) is 19.9 Å². The van der Waals surface area contributed by atoms with E-state index in [2.05, 4.69) is 26.5 Å². The Morgan fingerprint density at radius 3 is 2.41 bits per heavy atom. The van der Waals surface area contributed by atoms with Gasteiger partial charge in [0, 0.05) is 10.0 Å². The molecular weight excluding hydrogens is 494 g/mol. The Balaban J connectivity index is 1.90. The van der Waals surface area contributed by atoms with Crippen LogP contribution in [-0.4, -0.2) is 34.2 Å². The maximum atomic E-state index is 13.4. The quantitative estimate of drug-likeness (QED) is 0.361. The second-order valence-electron chi connectivity index (χ2n) is 6.81. The first kappa shape index (κ1) is 23.5. The number of sulfonamides is 1. The highest BCUT2D eigenvalue weighted by atomic mass is 79.9. The number of nitrogens with one attached hydrogen (secondary N) is 1. The number of halogens is 1. The summed E-state index contributed by atoms with van der Waals surface area (Å²) < 4.78 is 34.0. The molecule has 3 aromatic carbocycles. The number of para-hydroxylation sites is 2. The average molecular weight is 516 g/mol. The van der Waals surface area contributed by atoms with Crippen LogP contribution in [0.25, 0.3) is 0 Å². The van der Waals surface area contributed by atoms with Gasteiger partial charge in [-0.05, 0) is 37.3 Å². The van der Waals surface area contributed by atoms with Crippen LogP contribution in [0.4, 0.5) is 5.69 Å². The third-order valence-corrected chi connectivity index (χ3v) is 7.04. The lowest BCUT2D eigenvalue weighted by molar-refractivity contribution is -0.119. The van der Waals surface area contributed by atoms with E-state index in [1.54, 1.807) is 36.4 Å². The summed E-state index contributed by atoms with van der Waals surface area (Å²) in [6.45, 7) is 1.38. The lowest BCUT2D eigenvalue weighted by Gasteiger charge is -2.25. The average Bonchev–Trinajstić information content (AvgIpc) is 2.79. The first-order valence-electron chi connectivity index (χ1n) is 9.62. The number of carbonyl (C=O) groups excluding carboxylic acids is 1. The number of carbonyl (C=O) groups is 1. The van der Waals surface area contributed by atoms with Gasteiger partial charge in [0.25, 0.3) is 15.9 Å². The molecule has 0 bridgehead atoms. The molecule has 1 N–H and O–H groups in total. The fourth-order valence-electron chi connectivity index (χ4n) is 2.89. The zero-order chi connectivity index (χ0) is 23.1. The maximum Gasteiger partial charge on any atom is 0.264 e. The molecule has 32 heavy (non-hydrogen) atoms. The highest BCUT2D eigenvalue weighted by Gasteiger charge is 2.29. The summed E-state index contributed by atoms with van der Waals surface area (Å²) >= 11 is 3.40. The van der Waals surface area contributed by atoms with Crippen molar-refractivity contribution in [2.75, 3.05) is 18.0 Å². The minimum Gasteiger partial charge on any atom is -0.495 e. The second kappa shape index (κ2) is 10.4.